The van der Waals surface area contributed by atoms with Gasteiger partial charge in [-0.25, -0.2) is 4.79 Å². The maximum atomic E-state index is 11.8. The molecule has 0 saturated carbocycles. The molecular formula is C19H12BrN3O5S. The Bertz CT molecular complexity index is 1070. The van der Waals surface area contributed by atoms with E-state index in [4.69, 9.17) is 9.15 Å². The van der Waals surface area contributed by atoms with Crippen LogP contribution in [0.2, 0.25) is 0 Å². The highest BCUT2D eigenvalue weighted by Gasteiger charge is 2.11. The van der Waals surface area contributed by atoms with Gasteiger partial charge in [0.2, 0.25) is 5.89 Å². The molecule has 0 bridgehead atoms. The first-order valence-electron chi connectivity index (χ1n) is 8.12. The summed E-state index contributed by atoms with van der Waals surface area (Å²) < 4.78 is 11.4. The van der Waals surface area contributed by atoms with Gasteiger partial charge in [-0.05, 0) is 36.4 Å². The first kappa shape index (κ1) is 20.6. The van der Waals surface area contributed by atoms with Gasteiger partial charge >= 0.3 is 5.97 Å². The van der Waals surface area contributed by atoms with E-state index >= 15 is 0 Å². The Morgan fingerprint density at radius 3 is 2.55 bits per heavy atom. The van der Waals surface area contributed by atoms with Crippen LogP contribution in [0.15, 0.2) is 62.6 Å². The van der Waals surface area contributed by atoms with E-state index in [0.29, 0.717) is 22.1 Å². The SMILES string of the molecule is O=C(OCC#CCSc1nnc(-c2ccc([N+](=O)[O-])cc2)o1)c1ccc(Br)cc1. The Balaban J connectivity index is 1.45. The summed E-state index contributed by atoms with van der Waals surface area (Å²) in [6.45, 7) is -0.0205. The topological polar surface area (TPSA) is 108 Å². The molecular weight excluding hydrogens is 462 g/mol. The van der Waals surface area contributed by atoms with Gasteiger partial charge in [-0.15, -0.1) is 10.2 Å². The van der Waals surface area contributed by atoms with Crippen LogP contribution < -0.4 is 0 Å². The summed E-state index contributed by atoms with van der Waals surface area (Å²) in [5.74, 6) is 5.79. The maximum absolute atomic E-state index is 11.8. The molecule has 0 unspecified atom stereocenters. The summed E-state index contributed by atoms with van der Waals surface area (Å²) in [6, 6.07) is 12.7. The number of hydrogen-bond donors (Lipinski definition) is 0. The van der Waals surface area contributed by atoms with Crippen molar-refractivity contribution in [2.45, 2.75) is 5.22 Å². The monoisotopic (exact) mass is 473 g/mol. The maximum Gasteiger partial charge on any atom is 0.339 e. The largest absolute Gasteiger partial charge is 0.449 e. The van der Waals surface area contributed by atoms with E-state index in [-0.39, 0.29) is 18.2 Å². The molecule has 0 radical (unpaired) electrons. The first-order valence-corrected chi connectivity index (χ1v) is 9.90. The van der Waals surface area contributed by atoms with E-state index in [9.17, 15) is 14.9 Å². The molecule has 0 atom stereocenters. The van der Waals surface area contributed by atoms with Crippen molar-refractivity contribution >= 4 is 39.3 Å². The number of benzene rings is 2. The van der Waals surface area contributed by atoms with Gasteiger partial charge in [0, 0.05) is 22.2 Å². The first-order chi connectivity index (χ1) is 14.0. The Hall–Kier alpha value is -3.16. The molecule has 1 aromatic heterocycles. The van der Waals surface area contributed by atoms with Crippen molar-refractivity contribution in [1.29, 1.82) is 0 Å². The van der Waals surface area contributed by atoms with Gasteiger partial charge in [0.05, 0.1) is 16.2 Å². The lowest BCUT2D eigenvalue weighted by Crippen LogP contribution is -2.04. The second-order valence-electron chi connectivity index (χ2n) is 5.40. The van der Waals surface area contributed by atoms with Crippen molar-refractivity contribution < 1.29 is 18.9 Å². The van der Waals surface area contributed by atoms with E-state index in [1.54, 1.807) is 36.4 Å². The number of ether oxygens (including phenoxy) is 1. The van der Waals surface area contributed by atoms with Crippen LogP contribution in [0, 0.1) is 22.0 Å². The lowest BCUT2D eigenvalue weighted by atomic mass is 10.2. The van der Waals surface area contributed by atoms with Gasteiger partial charge < -0.3 is 9.15 Å². The number of rotatable bonds is 6. The second-order valence-corrected chi connectivity index (χ2v) is 7.24. The molecule has 8 nitrogen and oxygen atoms in total. The summed E-state index contributed by atoms with van der Waals surface area (Å²) >= 11 is 4.53. The van der Waals surface area contributed by atoms with Crippen LogP contribution in [0.25, 0.3) is 11.5 Å². The number of esters is 1. The van der Waals surface area contributed by atoms with Crippen LogP contribution in [0.3, 0.4) is 0 Å². The molecule has 29 heavy (non-hydrogen) atoms. The molecule has 146 valence electrons. The van der Waals surface area contributed by atoms with Gasteiger partial charge in [0.1, 0.15) is 0 Å². The van der Waals surface area contributed by atoms with Crippen LogP contribution in [-0.2, 0) is 4.74 Å². The molecule has 3 aromatic rings. The number of thioether (sulfide) groups is 1. The molecule has 0 saturated heterocycles. The summed E-state index contributed by atoms with van der Waals surface area (Å²) in [4.78, 5) is 22.0. The minimum atomic E-state index is -0.478. The molecule has 0 aliphatic heterocycles. The average Bonchev–Trinajstić information content (AvgIpc) is 3.20. The smallest absolute Gasteiger partial charge is 0.339 e. The second kappa shape index (κ2) is 9.86. The highest BCUT2D eigenvalue weighted by Crippen LogP contribution is 2.24. The number of non-ortho nitro benzene ring substituents is 1. The van der Waals surface area contributed by atoms with Gasteiger partial charge in [-0.3, -0.25) is 10.1 Å². The molecule has 0 fully saturated rings. The van der Waals surface area contributed by atoms with Gasteiger partial charge in [0.25, 0.3) is 10.9 Å². The molecule has 0 aliphatic carbocycles. The minimum absolute atomic E-state index is 0.0148. The highest BCUT2D eigenvalue weighted by atomic mass is 79.9. The fourth-order valence-corrected chi connectivity index (χ4v) is 2.88. The molecule has 0 amide bonds. The summed E-state index contributed by atoms with van der Waals surface area (Å²) in [7, 11) is 0. The van der Waals surface area contributed by atoms with Crippen molar-refractivity contribution in [2.75, 3.05) is 12.4 Å². The summed E-state index contributed by atoms with van der Waals surface area (Å²) in [5.41, 5.74) is 1.02. The zero-order valence-electron chi connectivity index (χ0n) is 14.7. The van der Waals surface area contributed by atoms with Gasteiger partial charge in [0.15, 0.2) is 6.61 Å². The van der Waals surface area contributed by atoms with E-state index in [1.165, 1.54) is 23.9 Å². The van der Waals surface area contributed by atoms with Crippen molar-refractivity contribution in [3.8, 4) is 23.3 Å². The Morgan fingerprint density at radius 1 is 1.14 bits per heavy atom. The van der Waals surface area contributed by atoms with Crippen LogP contribution in [0.4, 0.5) is 5.69 Å². The van der Waals surface area contributed by atoms with E-state index < -0.39 is 10.9 Å². The van der Waals surface area contributed by atoms with E-state index in [2.05, 4.69) is 38.0 Å². The number of hydrogen-bond acceptors (Lipinski definition) is 8. The Kier molecular flexibility index (Phi) is 6.99. The van der Waals surface area contributed by atoms with Crippen LogP contribution in [0.1, 0.15) is 10.4 Å². The lowest BCUT2D eigenvalue weighted by Gasteiger charge is -2.00. The van der Waals surface area contributed by atoms with E-state index in [0.717, 1.165) is 4.47 Å². The zero-order chi connectivity index (χ0) is 20.6. The third-order valence-corrected chi connectivity index (χ3v) is 4.71. The van der Waals surface area contributed by atoms with Crippen LogP contribution in [0.5, 0.6) is 0 Å². The quantitative estimate of drug-likeness (QED) is 0.171. The third-order valence-electron chi connectivity index (χ3n) is 3.48. The molecule has 0 spiro atoms. The number of nitro benzene ring substituents is 1. The summed E-state index contributed by atoms with van der Waals surface area (Å²) in [6.07, 6.45) is 0. The van der Waals surface area contributed by atoms with Crippen LogP contribution >= 0.6 is 27.7 Å². The number of aromatic nitrogens is 2. The Morgan fingerprint density at radius 2 is 1.86 bits per heavy atom. The molecule has 0 aliphatic rings. The number of carbonyl (C=O) groups excluding carboxylic acids is 1. The standard InChI is InChI=1S/C19H12BrN3O5S/c20-15-7-3-14(4-8-15)18(24)27-11-1-2-12-29-19-22-21-17(28-19)13-5-9-16(10-6-13)23(25)26/h3-10H,11-12H2. The minimum Gasteiger partial charge on any atom is -0.449 e. The highest BCUT2D eigenvalue weighted by molar-refractivity contribution is 9.10. The summed E-state index contributed by atoms with van der Waals surface area (Å²) in [5, 5.41) is 18.8. The number of nitro groups is 1. The predicted octanol–water partition coefficient (Wildman–Crippen LogP) is 4.36. The Labute approximate surface area is 177 Å². The molecule has 3 rings (SSSR count). The average molecular weight is 474 g/mol. The third kappa shape index (κ3) is 5.91. The normalized spacial score (nSPS) is 10.1. The fourth-order valence-electron chi connectivity index (χ4n) is 2.08. The van der Waals surface area contributed by atoms with Crippen molar-refractivity contribution in [1.82, 2.24) is 10.2 Å². The molecule has 10 heteroatoms. The molecule has 2 aromatic carbocycles. The number of halogens is 1. The lowest BCUT2D eigenvalue weighted by molar-refractivity contribution is -0.384. The van der Waals surface area contributed by atoms with Gasteiger partial charge in [-0.2, -0.15) is 0 Å². The van der Waals surface area contributed by atoms with Crippen LogP contribution in [-0.4, -0.2) is 33.4 Å². The van der Waals surface area contributed by atoms with Crippen molar-refractivity contribution in [2.24, 2.45) is 0 Å². The van der Waals surface area contributed by atoms with E-state index in [1.807, 2.05) is 0 Å². The predicted molar refractivity (Wildman–Crippen MR) is 109 cm³/mol. The number of nitrogens with zero attached hydrogens (tertiary/aromatic N) is 3. The molecule has 1 heterocycles. The van der Waals surface area contributed by atoms with Crippen molar-refractivity contribution in [3.05, 3.63) is 68.7 Å². The molecule has 0 N–H and O–H groups in total. The zero-order valence-corrected chi connectivity index (χ0v) is 17.1. The number of carbonyl (C=O) groups is 1. The fraction of sp³-hybridized carbons (Fsp3) is 0.105. The van der Waals surface area contributed by atoms with Crippen molar-refractivity contribution in [3.63, 3.8) is 0 Å². The van der Waals surface area contributed by atoms with Gasteiger partial charge in [-0.1, -0.05) is 39.5 Å².